The fraction of sp³-hybridized carbons (Fsp3) is 0.400. The lowest BCUT2D eigenvalue weighted by atomic mass is 10.2. The van der Waals surface area contributed by atoms with Gasteiger partial charge in [0.05, 0.1) is 11.8 Å². The summed E-state index contributed by atoms with van der Waals surface area (Å²) in [6, 6.07) is 9.47. The average Bonchev–Trinajstić information content (AvgIpc) is 2.29. The van der Waals surface area contributed by atoms with E-state index in [1.807, 2.05) is 30.3 Å². The first kappa shape index (κ1) is 12.9. The maximum Gasteiger partial charge on any atom is 0.517 e. The van der Waals surface area contributed by atoms with Crippen molar-refractivity contribution in [3.8, 4) is 0 Å². The molecule has 2 unspecified atom stereocenters. The van der Waals surface area contributed by atoms with E-state index < -0.39 is 8.03 Å². The molecule has 0 aliphatic carbocycles. The van der Waals surface area contributed by atoms with Gasteiger partial charge in [-0.05, 0) is 4.57 Å². The molecule has 0 fully saturated rings. The molecule has 0 saturated heterocycles. The number of hydrogen-bond acceptors (Lipinski definition) is 2. The number of alkyl halides is 2. The molecule has 0 spiro atoms. The second-order valence-electron chi connectivity index (χ2n) is 2.89. The van der Waals surface area contributed by atoms with E-state index in [-0.39, 0.29) is 18.1 Å². The number of rotatable bonds is 6. The van der Waals surface area contributed by atoms with Crippen molar-refractivity contribution in [3.63, 3.8) is 0 Å². The zero-order chi connectivity index (χ0) is 11.1. The molecule has 5 heteroatoms. The van der Waals surface area contributed by atoms with Crippen LogP contribution in [-0.2, 0) is 9.09 Å². The molecule has 1 aromatic carbocycles. The second-order valence-corrected chi connectivity index (χ2v) is 5.03. The Morgan fingerprint density at radius 3 is 2.47 bits per heavy atom. The van der Waals surface area contributed by atoms with Crippen molar-refractivity contribution >= 4 is 31.2 Å². The van der Waals surface area contributed by atoms with Crippen LogP contribution in [0.2, 0.25) is 0 Å². The number of halogens is 2. The molecule has 0 N–H and O–H groups in total. The molecule has 15 heavy (non-hydrogen) atoms. The average molecular weight is 266 g/mol. The van der Waals surface area contributed by atoms with E-state index in [1.165, 1.54) is 0 Å². The minimum Gasteiger partial charge on any atom is -0.145 e. The molecule has 1 rings (SSSR count). The summed E-state index contributed by atoms with van der Waals surface area (Å²) in [6.45, 7) is 0.289. The molecular formula is C10H12Cl2O2P+. The Bertz CT molecular complexity index is 306. The minimum atomic E-state index is -1.79. The summed E-state index contributed by atoms with van der Waals surface area (Å²) in [7, 11) is -1.79. The lowest BCUT2D eigenvalue weighted by Crippen LogP contribution is -1.98. The largest absolute Gasteiger partial charge is 0.517 e. The third-order valence-corrected chi connectivity index (χ3v) is 3.99. The summed E-state index contributed by atoms with van der Waals surface area (Å²) in [4.78, 5) is 0. The van der Waals surface area contributed by atoms with Crippen molar-refractivity contribution in [1.82, 2.24) is 0 Å². The van der Waals surface area contributed by atoms with E-state index in [1.54, 1.807) is 0 Å². The molecular weight excluding hydrogens is 254 g/mol. The van der Waals surface area contributed by atoms with Gasteiger partial charge >= 0.3 is 8.03 Å². The molecule has 0 bridgehead atoms. The zero-order valence-electron chi connectivity index (χ0n) is 8.11. The Morgan fingerprint density at radius 1 is 1.27 bits per heavy atom. The fourth-order valence-corrected chi connectivity index (χ4v) is 2.84. The Hall–Kier alpha value is -0.140. The molecule has 0 aromatic heterocycles. The van der Waals surface area contributed by atoms with Crippen molar-refractivity contribution in [2.45, 2.75) is 5.66 Å². The second kappa shape index (κ2) is 7.19. The maximum absolute atomic E-state index is 11.7. The van der Waals surface area contributed by atoms with Crippen LogP contribution in [0.25, 0.3) is 0 Å². The van der Waals surface area contributed by atoms with Crippen LogP contribution in [0.1, 0.15) is 11.2 Å². The molecule has 1 aromatic rings. The first-order chi connectivity index (χ1) is 7.29. The minimum absolute atomic E-state index is 0.258. The van der Waals surface area contributed by atoms with Crippen molar-refractivity contribution in [3.05, 3.63) is 35.9 Å². The van der Waals surface area contributed by atoms with Crippen molar-refractivity contribution in [1.29, 1.82) is 0 Å². The lowest BCUT2D eigenvalue weighted by molar-refractivity contribution is 0.347. The molecule has 0 heterocycles. The van der Waals surface area contributed by atoms with Crippen LogP contribution in [0, 0.1) is 0 Å². The Kier molecular flexibility index (Phi) is 6.19. The summed E-state index contributed by atoms with van der Waals surface area (Å²) in [5.74, 6) is 0.617. The summed E-state index contributed by atoms with van der Waals surface area (Å²) >= 11 is 11.2. The van der Waals surface area contributed by atoms with Crippen LogP contribution in [0.3, 0.4) is 0 Å². The van der Waals surface area contributed by atoms with Gasteiger partial charge in [0, 0.05) is 5.56 Å². The number of hydrogen-bond donors (Lipinski definition) is 0. The molecule has 0 radical (unpaired) electrons. The smallest absolute Gasteiger partial charge is 0.145 e. The van der Waals surface area contributed by atoms with Gasteiger partial charge in [0.1, 0.15) is 6.61 Å². The summed E-state index contributed by atoms with van der Waals surface area (Å²) < 4.78 is 16.8. The molecule has 2 nitrogen and oxygen atoms in total. The van der Waals surface area contributed by atoms with Gasteiger partial charge in [-0.1, -0.05) is 30.3 Å². The highest BCUT2D eigenvalue weighted by molar-refractivity contribution is 7.39. The molecule has 82 valence electrons. The zero-order valence-corrected chi connectivity index (χ0v) is 10.5. The Labute approximate surface area is 100 Å². The van der Waals surface area contributed by atoms with Crippen LogP contribution in [0.15, 0.2) is 30.3 Å². The normalized spacial score (nSPS) is 13.6. The van der Waals surface area contributed by atoms with Gasteiger partial charge in [-0.25, -0.2) is 0 Å². The van der Waals surface area contributed by atoms with E-state index in [4.69, 9.17) is 27.7 Å². The van der Waals surface area contributed by atoms with Crippen LogP contribution < -0.4 is 0 Å². The first-order valence-electron chi connectivity index (χ1n) is 4.55. The topological polar surface area (TPSA) is 26.3 Å². The maximum atomic E-state index is 11.7. The Balaban J connectivity index is 2.67. The van der Waals surface area contributed by atoms with E-state index >= 15 is 0 Å². The van der Waals surface area contributed by atoms with Gasteiger partial charge in [0.15, 0.2) is 0 Å². The summed E-state index contributed by atoms with van der Waals surface area (Å²) in [5, 5.41) is 0. The Morgan fingerprint density at radius 2 is 1.93 bits per heavy atom. The number of benzene rings is 1. The van der Waals surface area contributed by atoms with Crippen molar-refractivity contribution < 1.29 is 9.09 Å². The van der Waals surface area contributed by atoms with Gasteiger partial charge in [-0.15, -0.1) is 27.7 Å². The highest BCUT2D eigenvalue weighted by Gasteiger charge is 2.33. The fourth-order valence-electron chi connectivity index (χ4n) is 1.16. The van der Waals surface area contributed by atoms with Crippen LogP contribution >= 0.6 is 31.2 Å². The van der Waals surface area contributed by atoms with E-state index in [2.05, 4.69) is 0 Å². The highest BCUT2D eigenvalue weighted by atomic mass is 35.5. The van der Waals surface area contributed by atoms with Gasteiger partial charge in [0.25, 0.3) is 0 Å². The van der Waals surface area contributed by atoms with E-state index in [9.17, 15) is 4.57 Å². The van der Waals surface area contributed by atoms with Crippen LogP contribution in [-0.4, -0.2) is 18.4 Å². The predicted molar refractivity (Wildman–Crippen MR) is 64.2 cm³/mol. The van der Waals surface area contributed by atoms with Gasteiger partial charge in [0.2, 0.25) is 5.66 Å². The van der Waals surface area contributed by atoms with Gasteiger partial charge in [-0.3, -0.25) is 0 Å². The van der Waals surface area contributed by atoms with Crippen LogP contribution in [0.4, 0.5) is 0 Å². The summed E-state index contributed by atoms with van der Waals surface area (Å²) in [5.41, 5.74) is 0.675. The van der Waals surface area contributed by atoms with Crippen molar-refractivity contribution in [2.75, 3.05) is 18.4 Å². The lowest BCUT2D eigenvalue weighted by Gasteiger charge is -2.02. The van der Waals surface area contributed by atoms with Gasteiger partial charge in [-0.2, -0.15) is 0 Å². The van der Waals surface area contributed by atoms with E-state index in [0.29, 0.717) is 5.88 Å². The van der Waals surface area contributed by atoms with Gasteiger partial charge < -0.3 is 0 Å². The monoisotopic (exact) mass is 265 g/mol. The predicted octanol–water partition coefficient (Wildman–Crippen LogP) is 3.96. The van der Waals surface area contributed by atoms with E-state index in [0.717, 1.165) is 5.56 Å². The SMILES string of the molecule is O=[P+](OCCCl)C(CCl)c1ccccc1. The summed E-state index contributed by atoms with van der Waals surface area (Å²) in [6.07, 6.45) is 0. The quantitative estimate of drug-likeness (QED) is 0.575. The van der Waals surface area contributed by atoms with Crippen molar-refractivity contribution in [2.24, 2.45) is 0 Å². The molecule has 0 aliphatic rings. The molecule has 2 atom stereocenters. The molecule has 0 aliphatic heterocycles. The molecule has 0 saturated carbocycles. The van der Waals surface area contributed by atoms with Crippen LogP contribution in [0.5, 0.6) is 0 Å². The highest BCUT2D eigenvalue weighted by Crippen LogP contribution is 2.42. The third kappa shape index (κ3) is 4.08. The standard InChI is InChI=1S/C10H12Cl2O2P/c11-6-7-14-15(13)10(8-12)9-4-2-1-3-5-9/h1-5,10H,6-8H2/q+1. The molecule has 0 amide bonds. The first-order valence-corrected chi connectivity index (χ1v) is 6.87. The third-order valence-electron chi connectivity index (χ3n) is 1.88.